The van der Waals surface area contributed by atoms with Crippen molar-refractivity contribution in [1.82, 2.24) is 10.2 Å². The summed E-state index contributed by atoms with van der Waals surface area (Å²) in [6.45, 7) is 2.38. The number of carbonyl (C=O) groups excluding carboxylic acids is 2. The fourth-order valence-electron chi connectivity index (χ4n) is 3.29. The number of hydrogen-bond donors (Lipinski definition) is 2. The van der Waals surface area contributed by atoms with Gasteiger partial charge in [-0.2, -0.15) is 0 Å². The molecule has 0 atom stereocenters. The van der Waals surface area contributed by atoms with E-state index in [0.29, 0.717) is 17.8 Å². The van der Waals surface area contributed by atoms with E-state index in [0.717, 1.165) is 18.4 Å². The summed E-state index contributed by atoms with van der Waals surface area (Å²) < 4.78 is 0. The van der Waals surface area contributed by atoms with Gasteiger partial charge < -0.3 is 15.5 Å². The zero-order chi connectivity index (χ0) is 18.7. The monoisotopic (exact) mass is 371 g/mol. The first-order chi connectivity index (χ1) is 12.5. The lowest BCUT2D eigenvalue weighted by Gasteiger charge is -2.16. The predicted octanol–water partition coefficient (Wildman–Crippen LogP) is 3.96. The number of fused-ring (bicyclic) bond motifs is 1. The van der Waals surface area contributed by atoms with Crippen molar-refractivity contribution >= 4 is 29.0 Å². The molecule has 1 aliphatic rings. The number of nitrogens with zero attached hydrogens (tertiary/aromatic N) is 1. The molecule has 5 nitrogen and oxygen atoms in total. The number of hydrogen-bond acceptors (Lipinski definition) is 3. The van der Waals surface area contributed by atoms with Gasteiger partial charge in [0, 0.05) is 36.8 Å². The Morgan fingerprint density at radius 1 is 1.19 bits per heavy atom. The number of anilines is 1. The van der Waals surface area contributed by atoms with Crippen LogP contribution in [-0.2, 0) is 19.4 Å². The van der Waals surface area contributed by atoms with Crippen LogP contribution in [0.25, 0.3) is 0 Å². The maximum atomic E-state index is 12.3. The van der Waals surface area contributed by atoms with Gasteiger partial charge in [-0.25, -0.2) is 4.79 Å². The molecule has 0 fully saturated rings. The molecule has 26 heavy (non-hydrogen) atoms. The third kappa shape index (κ3) is 3.90. The van der Waals surface area contributed by atoms with E-state index in [1.165, 1.54) is 33.7 Å². The van der Waals surface area contributed by atoms with Gasteiger partial charge in [0.15, 0.2) is 0 Å². The van der Waals surface area contributed by atoms with E-state index in [-0.39, 0.29) is 11.9 Å². The van der Waals surface area contributed by atoms with Crippen LogP contribution >= 0.6 is 11.3 Å². The summed E-state index contributed by atoms with van der Waals surface area (Å²) in [4.78, 5) is 27.6. The number of rotatable bonds is 4. The highest BCUT2D eigenvalue weighted by Crippen LogP contribution is 2.30. The molecule has 3 rings (SSSR count). The zero-order valence-corrected chi connectivity index (χ0v) is 16.3. The Bertz CT molecular complexity index is 826. The smallest absolute Gasteiger partial charge is 0.319 e. The van der Waals surface area contributed by atoms with Gasteiger partial charge >= 0.3 is 6.03 Å². The van der Waals surface area contributed by atoms with E-state index < -0.39 is 0 Å². The van der Waals surface area contributed by atoms with Gasteiger partial charge in [0.2, 0.25) is 0 Å². The molecule has 1 aromatic carbocycles. The zero-order valence-electron chi connectivity index (χ0n) is 15.5. The highest BCUT2D eigenvalue weighted by Gasteiger charge is 2.17. The molecular formula is C20H25N3O2S. The average molecular weight is 372 g/mol. The lowest BCUT2D eigenvalue weighted by Crippen LogP contribution is -2.29. The third-order valence-electron chi connectivity index (χ3n) is 4.81. The number of benzene rings is 1. The van der Waals surface area contributed by atoms with E-state index in [4.69, 9.17) is 0 Å². The van der Waals surface area contributed by atoms with Crippen LogP contribution in [0.1, 0.15) is 44.8 Å². The third-order valence-corrected chi connectivity index (χ3v) is 5.94. The molecule has 1 heterocycles. The molecule has 2 aromatic rings. The number of thiophene rings is 1. The lowest BCUT2D eigenvalue weighted by molar-refractivity contribution is 0.0827. The van der Waals surface area contributed by atoms with Crippen molar-refractivity contribution in [3.63, 3.8) is 0 Å². The van der Waals surface area contributed by atoms with Crippen LogP contribution in [0.2, 0.25) is 0 Å². The Morgan fingerprint density at radius 3 is 2.73 bits per heavy atom. The number of nitrogens with one attached hydrogen (secondary N) is 2. The van der Waals surface area contributed by atoms with Crippen molar-refractivity contribution in [2.24, 2.45) is 0 Å². The van der Waals surface area contributed by atoms with Crippen molar-refractivity contribution in [1.29, 1.82) is 0 Å². The maximum absolute atomic E-state index is 12.3. The van der Waals surface area contributed by atoms with Gasteiger partial charge in [0.1, 0.15) is 0 Å². The van der Waals surface area contributed by atoms with E-state index >= 15 is 0 Å². The summed E-state index contributed by atoms with van der Waals surface area (Å²) in [5.41, 5.74) is 4.68. The second-order valence-corrected chi connectivity index (χ2v) is 7.82. The fraction of sp³-hybridized carbons (Fsp3) is 0.400. The SMILES string of the molecule is Cc1c(NC(=O)NCc2csc3c2CCCC3)cccc1C(=O)N(C)C. The topological polar surface area (TPSA) is 61.4 Å². The molecule has 6 heteroatoms. The quantitative estimate of drug-likeness (QED) is 0.855. The molecule has 3 amide bonds. The van der Waals surface area contributed by atoms with Gasteiger partial charge in [0.25, 0.3) is 5.91 Å². The Kier molecular flexibility index (Phi) is 5.61. The second-order valence-electron chi connectivity index (χ2n) is 6.86. The van der Waals surface area contributed by atoms with Crippen LogP contribution in [0.5, 0.6) is 0 Å². The summed E-state index contributed by atoms with van der Waals surface area (Å²) in [5.74, 6) is -0.0727. The molecule has 0 saturated carbocycles. The lowest BCUT2D eigenvalue weighted by atomic mass is 9.96. The van der Waals surface area contributed by atoms with Gasteiger partial charge in [-0.1, -0.05) is 6.07 Å². The highest BCUT2D eigenvalue weighted by atomic mass is 32.1. The van der Waals surface area contributed by atoms with Gasteiger partial charge in [-0.05, 0) is 66.8 Å². The number of aryl methyl sites for hydroxylation is 1. The summed E-state index contributed by atoms with van der Waals surface area (Å²) in [5, 5.41) is 7.98. The Labute approximate surface area is 158 Å². The molecule has 0 bridgehead atoms. The Morgan fingerprint density at radius 2 is 1.96 bits per heavy atom. The standard InChI is InChI=1S/C20H25N3O2S/c1-13-15(19(24)23(2)3)8-6-9-17(13)22-20(25)21-11-14-12-26-18-10-5-4-7-16(14)18/h6,8-9,12H,4-5,7,10-11H2,1-3H3,(H2,21,22,25). The van der Waals surface area contributed by atoms with Crippen LogP contribution in [0, 0.1) is 6.92 Å². The van der Waals surface area contributed by atoms with Crippen molar-refractivity contribution in [2.45, 2.75) is 39.2 Å². The molecule has 0 unspecified atom stereocenters. The number of urea groups is 1. The second kappa shape index (κ2) is 7.91. The van der Waals surface area contributed by atoms with E-state index in [9.17, 15) is 9.59 Å². The predicted molar refractivity (Wildman–Crippen MR) is 106 cm³/mol. The van der Waals surface area contributed by atoms with Crippen LogP contribution < -0.4 is 10.6 Å². The summed E-state index contributed by atoms with van der Waals surface area (Å²) in [7, 11) is 3.44. The molecular weight excluding hydrogens is 346 g/mol. The highest BCUT2D eigenvalue weighted by molar-refractivity contribution is 7.10. The van der Waals surface area contributed by atoms with Crippen molar-refractivity contribution in [3.05, 3.63) is 50.7 Å². The molecule has 0 radical (unpaired) electrons. The minimum Gasteiger partial charge on any atom is -0.345 e. The summed E-state index contributed by atoms with van der Waals surface area (Å²) in [6.07, 6.45) is 4.78. The van der Waals surface area contributed by atoms with Crippen molar-refractivity contribution in [2.75, 3.05) is 19.4 Å². The van der Waals surface area contributed by atoms with Gasteiger partial charge in [0.05, 0.1) is 0 Å². The Hall–Kier alpha value is -2.34. The average Bonchev–Trinajstić information content (AvgIpc) is 3.04. The maximum Gasteiger partial charge on any atom is 0.319 e. The van der Waals surface area contributed by atoms with Crippen LogP contribution in [-0.4, -0.2) is 30.9 Å². The summed E-state index contributed by atoms with van der Waals surface area (Å²) in [6, 6.07) is 5.12. The first kappa shape index (κ1) is 18.5. The van der Waals surface area contributed by atoms with Crippen LogP contribution in [0.15, 0.2) is 23.6 Å². The first-order valence-corrected chi connectivity index (χ1v) is 9.79. The molecule has 1 aromatic heterocycles. The van der Waals surface area contributed by atoms with Gasteiger partial charge in [-0.3, -0.25) is 4.79 Å². The van der Waals surface area contributed by atoms with E-state index in [1.54, 1.807) is 37.6 Å². The minimum absolute atomic E-state index is 0.0727. The van der Waals surface area contributed by atoms with Gasteiger partial charge in [-0.15, -0.1) is 11.3 Å². The first-order valence-electron chi connectivity index (χ1n) is 8.91. The van der Waals surface area contributed by atoms with Crippen LogP contribution in [0.4, 0.5) is 10.5 Å². The minimum atomic E-state index is -0.252. The van der Waals surface area contributed by atoms with Crippen molar-refractivity contribution < 1.29 is 9.59 Å². The number of carbonyl (C=O) groups is 2. The normalized spacial score (nSPS) is 13.0. The van der Waals surface area contributed by atoms with E-state index in [1.807, 2.05) is 13.0 Å². The van der Waals surface area contributed by atoms with E-state index in [2.05, 4.69) is 16.0 Å². The molecule has 0 aliphatic heterocycles. The Balaban J connectivity index is 1.64. The molecule has 138 valence electrons. The largest absolute Gasteiger partial charge is 0.345 e. The van der Waals surface area contributed by atoms with Crippen LogP contribution in [0.3, 0.4) is 0 Å². The summed E-state index contributed by atoms with van der Waals surface area (Å²) >= 11 is 1.80. The molecule has 0 spiro atoms. The fourth-order valence-corrected chi connectivity index (χ4v) is 4.44. The molecule has 2 N–H and O–H groups in total. The van der Waals surface area contributed by atoms with Crippen molar-refractivity contribution in [3.8, 4) is 0 Å². The molecule has 0 saturated heterocycles. The number of amides is 3. The molecule has 1 aliphatic carbocycles.